The number of rotatable bonds is 4. The van der Waals surface area contributed by atoms with Crippen LogP contribution in [0.5, 0.6) is 0 Å². The number of nitro groups is 1. The van der Waals surface area contributed by atoms with Gasteiger partial charge in [0.1, 0.15) is 12.2 Å². The molecule has 0 aliphatic carbocycles. The molecule has 0 unspecified atom stereocenters. The van der Waals surface area contributed by atoms with Gasteiger partial charge in [-0.15, -0.1) is 0 Å². The quantitative estimate of drug-likeness (QED) is 0.523. The third-order valence-corrected chi connectivity index (χ3v) is 2.51. The van der Waals surface area contributed by atoms with Gasteiger partial charge in [0, 0.05) is 18.2 Å². The Morgan fingerprint density at radius 3 is 2.50 bits per heavy atom. The molecule has 0 saturated heterocycles. The maximum Gasteiger partial charge on any atom is 0.406 e. The zero-order valence-corrected chi connectivity index (χ0v) is 10.5. The van der Waals surface area contributed by atoms with Crippen LogP contribution in [0.4, 0.5) is 24.5 Å². The zero-order valence-electron chi connectivity index (χ0n) is 10.5. The van der Waals surface area contributed by atoms with E-state index in [1.165, 1.54) is 6.92 Å². The molecule has 6 nitrogen and oxygen atoms in total. The van der Waals surface area contributed by atoms with E-state index in [1.807, 2.05) is 0 Å². The van der Waals surface area contributed by atoms with Gasteiger partial charge in [-0.1, -0.05) is 0 Å². The SMILES string of the molecule is CCN(CC(F)(F)F)C(=O)c1ccc(N)c([N+](=O)[O-])c1. The molecule has 0 spiro atoms. The lowest BCUT2D eigenvalue weighted by atomic mass is 10.1. The van der Waals surface area contributed by atoms with E-state index >= 15 is 0 Å². The standard InChI is InChI=1S/C11H12F3N3O3/c1-2-16(6-11(12,13)14)10(18)7-3-4-8(15)9(5-7)17(19)20/h3-5H,2,6,15H2,1H3. The monoisotopic (exact) mass is 291 g/mol. The molecule has 1 rings (SSSR count). The van der Waals surface area contributed by atoms with Crippen molar-refractivity contribution in [1.29, 1.82) is 0 Å². The first kappa shape index (κ1) is 15.7. The first-order valence-corrected chi connectivity index (χ1v) is 5.55. The van der Waals surface area contributed by atoms with Crippen LogP contribution in [0.15, 0.2) is 18.2 Å². The van der Waals surface area contributed by atoms with Gasteiger partial charge < -0.3 is 10.6 Å². The highest BCUT2D eigenvalue weighted by Crippen LogP contribution is 2.24. The summed E-state index contributed by atoms with van der Waals surface area (Å²) >= 11 is 0. The second-order valence-corrected chi connectivity index (χ2v) is 3.97. The molecule has 2 N–H and O–H groups in total. The number of halogens is 3. The maximum atomic E-state index is 12.3. The van der Waals surface area contributed by atoms with Crippen LogP contribution in [0.1, 0.15) is 17.3 Å². The van der Waals surface area contributed by atoms with E-state index in [1.54, 1.807) is 0 Å². The Labute approximate surface area is 112 Å². The summed E-state index contributed by atoms with van der Waals surface area (Å²) in [6, 6.07) is 3.15. The highest BCUT2D eigenvalue weighted by molar-refractivity contribution is 5.95. The zero-order chi connectivity index (χ0) is 15.5. The number of carbonyl (C=O) groups is 1. The number of alkyl halides is 3. The normalized spacial score (nSPS) is 11.2. The minimum absolute atomic E-state index is 0.162. The average molecular weight is 291 g/mol. The highest BCUT2D eigenvalue weighted by Gasteiger charge is 2.33. The minimum Gasteiger partial charge on any atom is -0.393 e. The lowest BCUT2D eigenvalue weighted by Gasteiger charge is -2.22. The number of hydrogen-bond donors (Lipinski definition) is 1. The Kier molecular flexibility index (Phi) is 4.53. The summed E-state index contributed by atoms with van der Waals surface area (Å²) in [5.41, 5.74) is 4.47. The summed E-state index contributed by atoms with van der Waals surface area (Å²) in [7, 11) is 0. The smallest absolute Gasteiger partial charge is 0.393 e. The van der Waals surface area contributed by atoms with Crippen LogP contribution in [-0.4, -0.2) is 35.0 Å². The second kappa shape index (κ2) is 5.76. The van der Waals surface area contributed by atoms with Crippen molar-refractivity contribution in [3.05, 3.63) is 33.9 Å². The number of benzene rings is 1. The van der Waals surface area contributed by atoms with Gasteiger partial charge in [0.15, 0.2) is 0 Å². The number of nitro benzene ring substituents is 1. The molecule has 1 aromatic carbocycles. The maximum absolute atomic E-state index is 12.3. The number of anilines is 1. The van der Waals surface area contributed by atoms with Gasteiger partial charge >= 0.3 is 6.18 Å². The van der Waals surface area contributed by atoms with Gasteiger partial charge in [0.05, 0.1) is 4.92 Å². The molecule has 0 aliphatic heterocycles. The second-order valence-electron chi connectivity index (χ2n) is 3.97. The average Bonchev–Trinajstić information content (AvgIpc) is 2.34. The van der Waals surface area contributed by atoms with Crippen LogP contribution in [-0.2, 0) is 0 Å². The number of nitrogens with two attached hydrogens (primary N) is 1. The Morgan fingerprint density at radius 2 is 2.05 bits per heavy atom. The Hall–Kier alpha value is -2.32. The van der Waals surface area contributed by atoms with Crippen molar-refractivity contribution in [1.82, 2.24) is 4.90 Å². The highest BCUT2D eigenvalue weighted by atomic mass is 19.4. The summed E-state index contributed by atoms with van der Waals surface area (Å²) in [6.07, 6.45) is -4.54. The van der Waals surface area contributed by atoms with Crippen LogP contribution in [0.3, 0.4) is 0 Å². The van der Waals surface area contributed by atoms with Crippen molar-refractivity contribution >= 4 is 17.3 Å². The largest absolute Gasteiger partial charge is 0.406 e. The summed E-state index contributed by atoms with van der Waals surface area (Å²) in [5, 5.41) is 10.7. The molecular weight excluding hydrogens is 279 g/mol. The van der Waals surface area contributed by atoms with Crippen LogP contribution < -0.4 is 5.73 Å². The van der Waals surface area contributed by atoms with E-state index in [2.05, 4.69) is 0 Å². The van der Waals surface area contributed by atoms with Crippen LogP contribution in [0.2, 0.25) is 0 Å². The lowest BCUT2D eigenvalue weighted by molar-refractivity contribution is -0.383. The van der Waals surface area contributed by atoms with Crippen molar-refractivity contribution in [3.63, 3.8) is 0 Å². The lowest BCUT2D eigenvalue weighted by Crippen LogP contribution is -2.38. The molecule has 9 heteroatoms. The van der Waals surface area contributed by atoms with E-state index < -0.39 is 29.2 Å². The molecule has 0 fully saturated rings. The van der Waals surface area contributed by atoms with Gasteiger partial charge in [-0.2, -0.15) is 13.2 Å². The first-order chi connectivity index (χ1) is 9.15. The van der Waals surface area contributed by atoms with Crippen LogP contribution >= 0.6 is 0 Å². The Bertz CT molecular complexity index is 531. The Balaban J connectivity index is 3.07. The van der Waals surface area contributed by atoms with Crippen molar-refractivity contribution in [2.75, 3.05) is 18.8 Å². The van der Waals surface area contributed by atoms with Crippen molar-refractivity contribution < 1.29 is 22.9 Å². The van der Waals surface area contributed by atoms with Gasteiger partial charge in [-0.25, -0.2) is 0 Å². The molecule has 0 aliphatic rings. The van der Waals surface area contributed by atoms with Crippen LogP contribution in [0, 0.1) is 10.1 Å². The van der Waals surface area contributed by atoms with Gasteiger partial charge in [0.2, 0.25) is 0 Å². The third-order valence-electron chi connectivity index (χ3n) is 2.51. The number of nitrogens with zero attached hydrogens (tertiary/aromatic N) is 2. The molecule has 110 valence electrons. The van der Waals surface area contributed by atoms with Crippen LogP contribution in [0.25, 0.3) is 0 Å². The van der Waals surface area contributed by atoms with E-state index in [0.29, 0.717) is 4.90 Å². The summed E-state index contributed by atoms with van der Waals surface area (Å²) in [6.45, 7) is -0.202. The molecule has 0 saturated carbocycles. The van der Waals surface area contributed by atoms with Crippen molar-refractivity contribution in [2.24, 2.45) is 0 Å². The number of amides is 1. The predicted molar refractivity (Wildman–Crippen MR) is 65.1 cm³/mol. The van der Waals surface area contributed by atoms with Gasteiger partial charge in [-0.3, -0.25) is 14.9 Å². The molecule has 0 radical (unpaired) electrons. The van der Waals surface area contributed by atoms with E-state index in [4.69, 9.17) is 5.73 Å². The molecule has 0 heterocycles. The minimum atomic E-state index is -4.54. The molecule has 20 heavy (non-hydrogen) atoms. The van der Waals surface area contributed by atoms with Gasteiger partial charge in [0.25, 0.3) is 11.6 Å². The van der Waals surface area contributed by atoms with Crippen molar-refractivity contribution in [2.45, 2.75) is 13.1 Å². The third kappa shape index (κ3) is 3.84. The molecule has 0 bridgehead atoms. The van der Waals surface area contributed by atoms with Gasteiger partial charge in [-0.05, 0) is 19.1 Å². The number of carbonyl (C=O) groups excluding carboxylic acids is 1. The number of hydrogen-bond acceptors (Lipinski definition) is 4. The summed E-state index contributed by atoms with van der Waals surface area (Å²) in [4.78, 5) is 22.3. The first-order valence-electron chi connectivity index (χ1n) is 5.55. The Morgan fingerprint density at radius 1 is 1.45 bits per heavy atom. The topological polar surface area (TPSA) is 89.5 Å². The van der Waals surface area contributed by atoms with Crippen molar-refractivity contribution in [3.8, 4) is 0 Å². The van der Waals surface area contributed by atoms with E-state index in [-0.39, 0.29) is 17.8 Å². The predicted octanol–water partition coefficient (Wildman–Crippen LogP) is 2.20. The molecule has 0 aromatic heterocycles. The fraction of sp³-hybridized carbons (Fsp3) is 0.364. The summed E-state index contributed by atoms with van der Waals surface area (Å²) < 4.78 is 37.0. The fourth-order valence-electron chi connectivity index (χ4n) is 1.56. The van der Waals surface area contributed by atoms with E-state index in [9.17, 15) is 28.1 Å². The van der Waals surface area contributed by atoms with E-state index in [0.717, 1.165) is 18.2 Å². The molecule has 0 atom stereocenters. The summed E-state index contributed by atoms with van der Waals surface area (Å²) in [5.74, 6) is -0.937. The molecular formula is C11H12F3N3O3. The fourth-order valence-corrected chi connectivity index (χ4v) is 1.56. The number of nitrogen functional groups attached to an aromatic ring is 1. The molecule has 1 aromatic rings. The molecule has 1 amide bonds.